The number of hydrogen-bond donors (Lipinski definition) is 2. The van der Waals surface area contributed by atoms with Crippen LogP contribution in [0.15, 0.2) is 24.4 Å². The van der Waals surface area contributed by atoms with Gasteiger partial charge in [-0.3, -0.25) is 0 Å². The zero-order valence-corrected chi connectivity index (χ0v) is 11.8. The molecule has 0 aliphatic heterocycles. The summed E-state index contributed by atoms with van der Waals surface area (Å²) in [5, 5.41) is 23.3. The fraction of sp³-hybridized carbons (Fsp3) is 0.167. The van der Waals surface area contributed by atoms with Gasteiger partial charge in [0.2, 0.25) is 5.82 Å². The number of allylic oxidation sites excluding steroid dienone is 1. The van der Waals surface area contributed by atoms with Crippen LogP contribution in [0.25, 0.3) is 5.57 Å². The van der Waals surface area contributed by atoms with E-state index in [2.05, 4.69) is 30.7 Å². The monoisotopic (exact) mass is 364 g/mol. The van der Waals surface area contributed by atoms with E-state index in [4.69, 9.17) is 5.26 Å². The zero-order chi connectivity index (χ0) is 18.7. The predicted octanol–water partition coefficient (Wildman–Crippen LogP) is 3.09. The number of H-pyrrole nitrogens is 1. The molecule has 25 heavy (non-hydrogen) atoms. The summed E-state index contributed by atoms with van der Waals surface area (Å²) in [5.74, 6) is -1.21. The molecule has 132 valence electrons. The highest BCUT2D eigenvalue weighted by atomic mass is 19.4. The van der Waals surface area contributed by atoms with Gasteiger partial charge in [0.15, 0.2) is 0 Å². The van der Waals surface area contributed by atoms with Gasteiger partial charge in [-0.15, -0.1) is 23.4 Å². The van der Waals surface area contributed by atoms with Crippen molar-refractivity contribution in [1.29, 1.82) is 5.26 Å². The lowest BCUT2D eigenvalue weighted by Gasteiger charge is -2.15. The zero-order valence-electron chi connectivity index (χ0n) is 11.8. The smallest absolute Gasteiger partial charge is 0.406 e. The second-order valence-electron chi connectivity index (χ2n) is 4.30. The van der Waals surface area contributed by atoms with E-state index in [9.17, 15) is 26.3 Å². The van der Waals surface area contributed by atoms with Crippen LogP contribution in [-0.2, 0) is 6.18 Å². The lowest BCUT2D eigenvalue weighted by atomic mass is 10.1. The van der Waals surface area contributed by atoms with Gasteiger partial charge >= 0.3 is 12.5 Å². The third-order valence-corrected chi connectivity index (χ3v) is 2.61. The van der Waals surface area contributed by atoms with Crippen LogP contribution in [-0.4, -0.2) is 27.0 Å². The van der Waals surface area contributed by atoms with Crippen LogP contribution in [0.1, 0.15) is 11.4 Å². The number of tetrazole rings is 1. The second kappa shape index (κ2) is 6.67. The average molecular weight is 364 g/mol. The number of alkyl halides is 6. The van der Waals surface area contributed by atoms with Crippen molar-refractivity contribution in [3.05, 3.63) is 35.8 Å². The molecule has 0 aliphatic rings. The minimum absolute atomic E-state index is 0.180. The first-order valence-corrected chi connectivity index (χ1v) is 6.18. The summed E-state index contributed by atoms with van der Waals surface area (Å²) in [5.41, 5.74) is -2.27. The van der Waals surface area contributed by atoms with Crippen LogP contribution in [0.2, 0.25) is 0 Å². The SMILES string of the molecule is N#CC(=CNc1ccc(OC(F)(F)F)cc1C(F)(F)F)c1nn[nH]n1. The molecular formula is C12H6F6N6O. The van der Waals surface area contributed by atoms with Crippen molar-refractivity contribution in [3.8, 4) is 11.8 Å². The molecule has 1 aromatic heterocycles. The highest BCUT2D eigenvalue weighted by Gasteiger charge is 2.36. The van der Waals surface area contributed by atoms with Gasteiger partial charge in [0.1, 0.15) is 17.4 Å². The van der Waals surface area contributed by atoms with E-state index >= 15 is 0 Å². The first-order valence-electron chi connectivity index (χ1n) is 6.18. The molecule has 1 heterocycles. The van der Waals surface area contributed by atoms with E-state index < -0.39 is 29.5 Å². The van der Waals surface area contributed by atoms with E-state index in [1.807, 2.05) is 0 Å². The molecule has 13 heteroatoms. The number of aromatic amines is 1. The summed E-state index contributed by atoms with van der Waals surface area (Å²) >= 11 is 0. The number of hydrogen-bond acceptors (Lipinski definition) is 6. The van der Waals surface area contributed by atoms with Crippen LogP contribution in [0.5, 0.6) is 5.75 Å². The molecule has 0 aliphatic carbocycles. The van der Waals surface area contributed by atoms with Gasteiger partial charge in [-0.1, -0.05) is 0 Å². The van der Waals surface area contributed by atoms with Gasteiger partial charge in [0.25, 0.3) is 0 Å². The topological polar surface area (TPSA) is 99.5 Å². The van der Waals surface area contributed by atoms with E-state index in [0.717, 1.165) is 12.3 Å². The standard InChI is InChI=1S/C12H6F6N6O/c13-11(14,15)8-3-7(25-12(16,17)18)1-2-9(8)20-5-6(4-19)10-21-23-24-22-10/h1-3,5,20H,(H,21,22,23,24). The Morgan fingerprint density at radius 2 is 1.96 bits per heavy atom. The maximum Gasteiger partial charge on any atom is 0.573 e. The summed E-state index contributed by atoms with van der Waals surface area (Å²) in [6.45, 7) is 0. The minimum atomic E-state index is -5.13. The second-order valence-corrected chi connectivity index (χ2v) is 4.30. The van der Waals surface area contributed by atoms with Crippen molar-refractivity contribution in [3.63, 3.8) is 0 Å². The Morgan fingerprint density at radius 3 is 2.48 bits per heavy atom. The summed E-state index contributed by atoms with van der Waals surface area (Å²) < 4.78 is 79.0. The van der Waals surface area contributed by atoms with E-state index in [-0.39, 0.29) is 17.5 Å². The Bertz CT molecular complexity index is 805. The Hall–Kier alpha value is -3.30. The third-order valence-electron chi connectivity index (χ3n) is 2.61. The van der Waals surface area contributed by atoms with Crippen LogP contribution < -0.4 is 10.1 Å². The van der Waals surface area contributed by atoms with E-state index in [1.54, 1.807) is 6.07 Å². The number of ether oxygens (including phenoxy) is 1. The predicted molar refractivity (Wildman–Crippen MR) is 69.5 cm³/mol. The number of nitrogens with one attached hydrogen (secondary N) is 2. The Kier molecular flexibility index (Phi) is 4.82. The van der Waals surface area contributed by atoms with Crippen LogP contribution >= 0.6 is 0 Å². The number of halogens is 6. The average Bonchev–Trinajstić information content (AvgIpc) is 3.00. The number of aromatic nitrogens is 4. The first-order chi connectivity index (χ1) is 11.6. The Morgan fingerprint density at radius 1 is 1.24 bits per heavy atom. The molecule has 1 aromatic carbocycles. The molecule has 0 amide bonds. The molecule has 2 N–H and O–H groups in total. The molecule has 0 spiro atoms. The van der Waals surface area contributed by atoms with Crippen molar-refractivity contribution >= 4 is 11.3 Å². The lowest BCUT2D eigenvalue weighted by molar-refractivity contribution is -0.274. The first kappa shape index (κ1) is 18.0. The molecule has 2 aromatic rings. The van der Waals surface area contributed by atoms with Crippen LogP contribution in [0.4, 0.5) is 32.0 Å². The largest absolute Gasteiger partial charge is 0.573 e. The van der Waals surface area contributed by atoms with Crippen molar-refractivity contribution in [2.45, 2.75) is 12.5 Å². The van der Waals surface area contributed by atoms with Crippen molar-refractivity contribution in [2.75, 3.05) is 5.32 Å². The van der Waals surface area contributed by atoms with Crippen LogP contribution in [0, 0.1) is 11.3 Å². The van der Waals surface area contributed by atoms with Crippen LogP contribution in [0.3, 0.4) is 0 Å². The number of benzene rings is 1. The molecule has 0 bridgehead atoms. The third kappa shape index (κ3) is 4.83. The normalized spacial score (nSPS) is 12.6. The highest BCUT2D eigenvalue weighted by Crippen LogP contribution is 2.38. The number of nitrogens with zero attached hydrogens (tertiary/aromatic N) is 4. The fourth-order valence-corrected chi connectivity index (χ4v) is 1.65. The van der Waals surface area contributed by atoms with Crippen molar-refractivity contribution < 1.29 is 31.1 Å². The van der Waals surface area contributed by atoms with Gasteiger partial charge in [-0.25, -0.2) is 0 Å². The molecule has 0 unspecified atom stereocenters. The molecule has 0 atom stereocenters. The van der Waals surface area contributed by atoms with Gasteiger partial charge in [-0.05, 0) is 23.4 Å². The Labute approximate surface area is 134 Å². The summed E-state index contributed by atoms with van der Waals surface area (Å²) in [7, 11) is 0. The summed E-state index contributed by atoms with van der Waals surface area (Å²) in [6.07, 6.45) is -9.25. The summed E-state index contributed by atoms with van der Waals surface area (Å²) in [4.78, 5) is 0. The van der Waals surface area contributed by atoms with Crippen molar-refractivity contribution in [2.24, 2.45) is 0 Å². The number of anilines is 1. The minimum Gasteiger partial charge on any atom is -0.406 e. The number of rotatable bonds is 4. The molecule has 2 rings (SSSR count). The molecule has 0 saturated carbocycles. The number of nitriles is 1. The van der Waals surface area contributed by atoms with E-state index in [0.29, 0.717) is 6.07 Å². The maximum absolute atomic E-state index is 13.0. The van der Waals surface area contributed by atoms with E-state index in [1.165, 1.54) is 0 Å². The van der Waals surface area contributed by atoms with Gasteiger partial charge in [0, 0.05) is 6.20 Å². The maximum atomic E-state index is 13.0. The van der Waals surface area contributed by atoms with Gasteiger partial charge < -0.3 is 10.1 Å². The van der Waals surface area contributed by atoms with Gasteiger partial charge in [0.05, 0.1) is 11.3 Å². The summed E-state index contributed by atoms with van der Waals surface area (Å²) in [6, 6.07) is 3.24. The Balaban J connectivity index is 2.36. The fourth-order valence-electron chi connectivity index (χ4n) is 1.65. The molecular weight excluding hydrogens is 358 g/mol. The molecule has 0 fully saturated rings. The highest BCUT2D eigenvalue weighted by molar-refractivity contribution is 5.74. The van der Waals surface area contributed by atoms with Crippen molar-refractivity contribution in [1.82, 2.24) is 20.6 Å². The molecule has 0 radical (unpaired) electrons. The lowest BCUT2D eigenvalue weighted by Crippen LogP contribution is -2.18. The quantitative estimate of drug-likeness (QED) is 0.639. The van der Waals surface area contributed by atoms with Gasteiger partial charge in [-0.2, -0.15) is 23.6 Å². The molecule has 0 saturated heterocycles. The molecule has 7 nitrogen and oxygen atoms in total.